The van der Waals surface area contributed by atoms with Gasteiger partial charge < -0.3 is 9.47 Å². The van der Waals surface area contributed by atoms with Crippen LogP contribution in [0.5, 0.6) is 11.5 Å². The molecular weight excluding hydrogens is 232 g/mol. The Labute approximate surface area is 105 Å². The number of hydrogen-bond acceptors (Lipinski definition) is 4. The van der Waals surface area contributed by atoms with Crippen molar-refractivity contribution in [1.29, 1.82) is 0 Å². The number of ether oxygens (including phenoxy) is 2. The molecule has 1 heterocycles. The Bertz CT molecular complexity index is 549. The molecule has 1 aromatic carbocycles. The van der Waals surface area contributed by atoms with Crippen LogP contribution in [0.1, 0.15) is 6.92 Å². The lowest BCUT2D eigenvalue weighted by atomic mass is 10.3. The molecule has 0 N–H and O–H groups in total. The number of Topliss-reactive ketones (excluding diaryl/α,β-unsaturated/α-hetero) is 1. The zero-order chi connectivity index (χ0) is 13.0. The maximum atomic E-state index is 10.8. The number of carbonyl (C=O) groups is 1. The summed E-state index contributed by atoms with van der Waals surface area (Å²) in [5.74, 6) is 1.25. The summed E-state index contributed by atoms with van der Waals surface area (Å²) in [4.78, 5) is 10.8. The predicted octanol–water partition coefficient (Wildman–Crippen LogP) is 1.85. The van der Waals surface area contributed by atoms with Crippen LogP contribution in [0.4, 0.5) is 0 Å². The molecule has 2 rings (SSSR count). The number of hydrogen-bond donors (Lipinski definition) is 0. The number of aromatic nitrogens is 2. The van der Waals surface area contributed by atoms with Crippen molar-refractivity contribution in [3.05, 3.63) is 36.7 Å². The summed E-state index contributed by atoms with van der Waals surface area (Å²) in [6, 6.07) is 7.53. The summed E-state index contributed by atoms with van der Waals surface area (Å²) in [6.07, 6.45) is 3.27. The molecule has 94 valence electrons. The average Bonchev–Trinajstić information content (AvgIpc) is 2.85. The van der Waals surface area contributed by atoms with E-state index < -0.39 is 0 Å². The van der Waals surface area contributed by atoms with E-state index in [2.05, 4.69) is 5.10 Å². The third-order valence-corrected chi connectivity index (χ3v) is 2.33. The lowest BCUT2D eigenvalue weighted by molar-refractivity contribution is -0.118. The van der Waals surface area contributed by atoms with Gasteiger partial charge in [-0.05, 0) is 19.1 Å². The summed E-state index contributed by atoms with van der Waals surface area (Å²) in [5.41, 5.74) is 0.817. The van der Waals surface area contributed by atoms with Crippen LogP contribution >= 0.6 is 0 Å². The lowest BCUT2D eigenvalue weighted by Gasteiger charge is -2.07. The van der Waals surface area contributed by atoms with E-state index in [1.165, 1.54) is 6.92 Å². The van der Waals surface area contributed by atoms with E-state index in [9.17, 15) is 4.79 Å². The quantitative estimate of drug-likeness (QED) is 0.808. The molecule has 0 amide bonds. The molecular formula is C13H14N2O3. The van der Waals surface area contributed by atoms with Gasteiger partial charge in [-0.1, -0.05) is 12.1 Å². The van der Waals surface area contributed by atoms with Gasteiger partial charge in [-0.15, -0.1) is 0 Å². The number of ketones is 1. The normalized spacial score (nSPS) is 10.1. The van der Waals surface area contributed by atoms with E-state index in [4.69, 9.17) is 9.47 Å². The van der Waals surface area contributed by atoms with Crippen molar-refractivity contribution in [3.63, 3.8) is 0 Å². The molecule has 0 aliphatic carbocycles. The first-order valence-electron chi connectivity index (χ1n) is 5.51. The first-order valence-corrected chi connectivity index (χ1v) is 5.51. The second kappa shape index (κ2) is 5.35. The summed E-state index contributed by atoms with van der Waals surface area (Å²) >= 11 is 0. The summed E-state index contributed by atoms with van der Waals surface area (Å²) in [5, 5.41) is 4.17. The number of carbonyl (C=O) groups excluding carboxylic acids is 1. The van der Waals surface area contributed by atoms with E-state index >= 15 is 0 Å². The van der Waals surface area contributed by atoms with Crippen molar-refractivity contribution in [1.82, 2.24) is 9.78 Å². The highest BCUT2D eigenvalue weighted by Crippen LogP contribution is 2.23. The van der Waals surface area contributed by atoms with Crippen molar-refractivity contribution in [3.8, 4) is 17.2 Å². The van der Waals surface area contributed by atoms with Crippen LogP contribution in [0.25, 0.3) is 5.69 Å². The Balaban J connectivity index is 2.21. The Morgan fingerprint density at radius 1 is 1.39 bits per heavy atom. The molecule has 5 heteroatoms. The molecule has 5 nitrogen and oxygen atoms in total. The van der Waals surface area contributed by atoms with Crippen molar-refractivity contribution in [2.45, 2.75) is 6.92 Å². The fraction of sp³-hybridized carbons (Fsp3) is 0.231. The number of rotatable bonds is 5. The number of para-hydroxylation sites is 2. The third kappa shape index (κ3) is 2.68. The Hall–Kier alpha value is -2.30. The molecule has 0 radical (unpaired) electrons. The van der Waals surface area contributed by atoms with Crippen LogP contribution in [-0.2, 0) is 4.79 Å². The van der Waals surface area contributed by atoms with Crippen LogP contribution in [0, 0.1) is 0 Å². The Morgan fingerprint density at radius 3 is 2.89 bits per heavy atom. The Morgan fingerprint density at radius 2 is 2.17 bits per heavy atom. The maximum absolute atomic E-state index is 10.8. The largest absolute Gasteiger partial charge is 0.494 e. The van der Waals surface area contributed by atoms with Crippen molar-refractivity contribution >= 4 is 5.78 Å². The second-order valence-corrected chi connectivity index (χ2v) is 3.78. The minimum absolute atomic E-state index is 0.0277. The van der Waals surface area contributed by atoms with Gasteiger partial charge in [-0.3, -0.25) is 4.79 Å². The van der Waals surface area contributed by atoms with Gasteiger partial charge in [0.1, 0.15) is 18.0 Å². The van der Waals surface area contributed by atoms with Crippen molar-refractivity contribution < 1.29 is 14.3 Å². The molecule has 0 atom stereocenters. The van der Waals surface area contributed by atoms with Gasteiger partial charge >= 0.3 is 0 Å². The molecule has 2 aromatic rings. The topological polar surface area (TPSA) is 53.4 Å². The summed E-state index contributed by atoms with van der Waals surface area (Å²) < 4.78 is 12.2. The van der Waals surface area contributed by atoms with Crippen LogP contribution in [-0.4, -0.2) is 29.3 Å². The second-order valence-electron chi connectivity index (χ2n) is 3.78. The molecule has 18 heavy (non-hydrogen) atoms. The predicted molar refractivity (Wildman–Crippen MR) is 66.3 cm³/mol. The number of benzene rings is 1. The molecule has 0 aliphatic heterocycles. The van der Waals surface area contributed by atoms with Gasteiger partial charge in [0.05, 0.1) is 19.5 Å². The number of nitrogens with zero attached hydrogens (tertiary/aromatic N) is 2. The molecule has 0 spiro atoms. The molecule has 0 saturated carbocycles. The SMILES string of the molecule is COc1ccccc1-n1cc(OCC(C)=O)cn1. The molecule has 1 aromatic heterocycles. The summed E-state index contributed by atoms with van der Waals surface area (Å²) in [7, 11) is 1.61. The van der Waals surface area contributed by atoms with Gasteiger partial charge in [0.2, 0.25) is 0 Å². The zero-order valence-corrected chi connectivity index (χ0v) is 10.3. The van der Waals surface area contributed by atoms with Gasteiger partial charge in [-0.25, -0.2) is 4.68 Å². The number of methoxy groups -OCH3 is 1. The fourth-order valence-electron chi connectivity index (χ4n) is 1.52. The molecule has 0 aliphatic rings. The standard InChI is InChI=1S/C13H14N2O3/c1-10(16)9-18-11-7-14-15(8-11)12-5-3-4-6-13(12)17-2/h3-8H,9H2,1-2H3. The van der Waals surface area contributed by atoms with E-state index in [1.807, 2.05) is 24.3 Å². The van der Waals surface area contributed by atoms with Crippen LogP contribution in [0.3, 0.4) is 0 Å². The van der Waals surface area contributed by atoms with Crippen molar-refractivity contribution in [2.75, 3.05) is 13.7 Å². The van der Waals surface area contributed by atoms with Gasteiger partial charge in [0.25, 0.3) is 0 Å². The average molecular weight is 246 g/mol. The van der Waals surface area contributed by atoms with E-state index in [0.717, 1.165) is 11.4 Å². The van der Waals surface area contributed by atoms with E-state index in [-0.39, 0.29) is 12.4 Å². The van der Waals surface area contributed by atoms with Crippen LogP contribution in [0.2, 0.25) is 0 Å². The summed E-state index contributed by atoms with van der Waals surface area (Å²) in [6.45, 7) is 1.53. The molecule has 0 saturated heterocycles. The monoisotopic (exact) mass is 246 g/mol. The van der Waals surface area contributed by atoms with Gasteiger partial charge in [-0.2, -0.15) is 5.10 Å². The minimum atomic E-state index is -0.0277. The third-order valence-electron chi connectivity index (χ3n) is 2.33. The van der Waals surface area contributed by atoms with Crippen molar-refractivity contribution in [2.24, 2.45) is 0 Å². The maximum Gasteiger partial charge on any atom is 0.167 e. The van der Waals surface area contributed by atoms with Gasteiger partial charge in [0, 0.05) is 0 Å². The Kier molecular flexibility index (Phi) is 3.62. The van der Waals surface area contributed by atoms with Gasteiger partial charge in [0.15, 0.2) is 11.5 Å². The lowest BCUT2D eigenvalue weighted by Crippen LogP contribution is -2.05. The van der Waals surface area contributed by atoms with Crippen LogP contribution < -0.4 is 9.47 Å². The van der Waals surface area contributed by atoms with E-state index in [1.54, 1.807) is 24.2 Å². The molecule has 0 bridgehead atoms. The zero-order valence-electron chi connectivity index (χ0n) is 10.3. The highest BCUT2D eigenvalue weighted by molar-refractivity contribution is 5.77. The first-order chi connectivity index (χ1) is 8.70. The van der Waals surface area contributed by atoms with Crippen LogP contribution in [0.15, 0.2) is 36.7 Å². The smallest absolute Gasteiger partial charge is 0.167 e. The van der Waals surface area contributed by atoms with E-state index in [0.29, 0.717) is 5.75 Å². The minimum Gasteiger partial charge on any atom is -0.494 e. The fourth-order valence-corrected chi connectivity index (χ4v) is 1.52. The highest BCUT2D eigenvalue weighted by Gasteiger charge is 2.07. The first kappa shape index (κ1) is 12.2. The highest BCUT2D eigenvalue weighted by atomic mass is 16.5. The molecule has 0 unspecified atom stereocenters. The molecule has 0 fully saturated rings.